The van der Waals surface area contributed by atoms with Crippen molar-refractivity contribution in [2.75, 3.05) is 11.6 Å². The first-order valence-electron chi connectivity index (χ1n) is 9.48. The second-order valence-corrected chi connectivity index (χ2v) is 6.82. The highest BCUT2D eigenvalue weighted by atomic mass is 15.5. The first-order chi connectivity index (χ1) is 13.4. The summed E-state index contributed by atoms with van der Waals surface area (Å²) in [7, 11) is 0. The second-order valence-electron chi connectivity index (χ2n) is 6.82. The minimum atomic E-state index is 0.927. The number of hydrogen-bond donors (Lipinski definition) is 0. The van der Waals surface area contributed by atoms with Crippen molar-refractivity contribution in [3.63, 3.8) is 0 Å². The zero-order chi connectivity index (χ0) is 18.2. The molecule has 0 bridgehead atoms. The molecule has 0 aliphatic carbocycles. The van der Waals surface area contributed by atoms with Crippen molar-refractivity contribution < 1.29 is 0 Å². The molecule has 27 heavy (non-hydrogen) atoms. The monoisotopic (exact) mass is 351 g/mol. The number of hydrogen-bond acceptors (Lipinski definition) is 2. The normalized spacial score (nSPS) is 11.4. The summed E-state index contributed by atoms with van der Waals surface area (Å²) in [6, 6.07) is 27.8. The minimum absolute atomic E-state index is 0.927. The Labute approximate surface area is 158 Å². The smallest absolute Gasteiger partial charge is 0.0723 e. The van der Waals surface area contributed by atoms with E-state index in [9.17, 15) is 0 Å². The predicted molar refractivity (Wildman–Crippen MR) is 114 cm³/mol. The Bertz CT molecular complexity index is 1190. The second kappa shape index (κ2) is 6.44. The zero-order valence-corrected chi connectivity index (χ0v) is 15.3. The van der Waals surface area contributed by atoms with E-state index < -0.39 is 0 Å². The summed E-state index contributed by atoms with van der Waals surface area (Å²) < 4.78 is 2.37. The summed E-state index contributed by atoms with van der Waals surface area (Å²) in [6.07, 6.45) is 2.96. The number of benzene rings is 3. The van der Waals surface area contributed by atoms with Gasteiger partial charge in [-0.3, -0.25) is 14.7 Å². The molecule has 3 aromatic carbocycles. The number of fused-ring (bicyclic) bond motifs is 4. The summed E-state index contributed by atoms with van der Waals surface area (Å²) in [6.45, 7) is 3.15. The van der Waals surface area contributed by atoms with Gasteiger partial charge in [-0.15, -0.1) is 0 Å². The third-order valence-electron chi connectivity index (χ3n) is 5.14. The molecule has 0 fully saturated rings. The van der Waals surface area contributed by atoms with Crippen molar-refractivity contribution in [3.05, 3.63) is 85.1 Å². The Morgan fingerprint density at radius 2 is 1.33 bits per heavy atom. The number of pyridine rings is 1. The first-order valence-corrected chi connectivity index (χ1v) is 9.48. The fourth-order valence-corrected chi connectivity index (χ4v) is 4.01. The molecule has 3 nitrogen and oxygen atoms in total. The third-order valence-corrected chi connectivity index (χ3v) is 5.14. The summed E-state index contributed by atoms with van der Waals surface area (Å²) in [5, 5.41) is 6.14. The van der Waals surface area contributed by atoms with Gasteiger partial charge >= 0.3 is 0 Å². The average Bonchev–Trinajstić information content (AvgIpc) is 3.06. The van der Waals surface area contributed by atoms with E-state index in [0.717, 1.165) is 18.5 Å². The molecular formula is C24H21N3. The molecular weight excluding hydrogens is 330 g/mol. The number of nitrogens with zero attached hydrogens (tertiary/aromatic N) is 3. The minimum Gasteiger partial charge on any atom is -0.280 e. The predicted octanol–water partition coefficient (Wildman–Crippen LogP) is 6.02. The molecule has 5 rings (SSSR count). The van der Waals surface area contributed by atoms with E-state index in [0.29, 0.717) is 0 Å². The highest BCUT2D eigenvalue weighted by Crippen LogP contribution is 2.33. The average molecular weight is 351 g/mol. The van der Waals surface area contributed by atoms with Gasteiger partial charge < -0.3 is 0 Å². The summed E-state index contributed by atoms with van der Waals surface area (Å²) >= 11 is 0. The van der Waals surface area contributed by atoms with Crippen molar-refractivity contribution >= 4 is 38.4 Å². The van der Waals surface area contributed by atoms with Gasteiger partial charge in [0.15, 0.2) is 0 Å². The van der Waals surface area contributed by atoms with Crippen LogP contribution in [0.2, 0.25) is 0 Å². The maximum atomic E-state index is 4.55. The lowest BCUT2D eigenvalue weighted by molar-refractivity contribution is 0.716. The van der Waals surface area contributed by atoms with Crippen molar-refractivity contribution in [2.24, 2.45) is 0 Å². The standard InChI is InChI=1S/C24H21N3/c1-2-17-26(22-15-16-25-21-12-6-3-11-20(21)22)27-23-13-7-4-9-18(23)19-10-5-8-14-24(19)27/h3-16H,2,17H2,1H3. The number of anilines is 1. The van der Waals surface area contributed by atoms with Crippen molar-refractivity contribution in [3.8, 4) is 0 Å². The SMILES string of the molecule is CCCN(c1ccnc2ccccc12)n1c2ccccc2c2ccccc21. The Kier molecular flexibility index (Phi) is 3.79. The first kappa shape index (κ1) is 15.9. The van der Waals surface area contributed by atoms with Crippen LogP contribution in [-0.2, 0) is 0 Å². The molecule has 0 saturated heterocycles. The van der Waals surface area contributed by atoms with Crippen LogP contribution in [0.15, 0.2) is 85.1 Å². The summed E-state index contributed by atoms with van der Waals surface area (Å²) in [5.41, 5.74) is 4.67. The molecule has 0 aliphatic rings. The maximum absolute atomic E-state index is 4.55. The molecule has 0 unspecified atom stereocenters. The molecule has 0 N–H and O–H groups in total. The van der Waals surface area contributed by atoms with Crippen LogP contribution in [0, 0.1) is 0 Å². The summed E-state index contributed by atoms with van der Waals surface area (Å²) in [4.78, 5) is 4.55. The van der Waals surface area contributed by atoms with Crippen LogP contribution in [0.3, 0.4) is 0 Å². The zero-order valence-electron chi connectivity index (χ0n) is 15.3. The van der Waals surface area contributed by atoms with Crippen LogP contribution in [-0.4, -0.2) is 16.2 Å². The number of aromatic nitrogens is 2. The third kappa shape index (κ3) is 2.47. The van der Waals surface area contributed by atoms with Crippen molar-refractivity contribution in [1.82, 2.24) is 9.66 Å². The van der Waals surface area contributed by atoms with Gasteiger partial charge in [-0.1, -0.05) is 61.5 Å². The molecule has 0 aliphatic heterocycles. The van der Waals surface area contributed by atoms with E-state index in [1.807, 2.05) is 12.3 Å². The van der Waals surface area contributed by atoms with Crippen molar-refractivity contribution in [1.29, 1.82) is 0 Å². The van der Waals surface area contributed by atoms with E-state index >= 15 is 0 Å². The van der Waals surface area contributed by atoms with Crippen LogP contribution in [0.1, 0.15) is 13.3 Å². The van der Waals surface area contributed by atoms with E-state index in [4.69, 9.17) is 0 Å². The molecule has 2 heterocycles. The highest BCUT2D eigenvalue weighted by Gasteiger charge is 2.18. The molecule has 132 valence electrons. The lowest BCUT2D eigenvalue weighted by Crippen LogP contribution is -2.30. The Morgan fingerprint density at radius 3 is 2.00 bits per heavy atom. The molecule has 0 radical (unpaired) electrons. The largest absolute Gasteiger partial charge is 0.280 e. The van der Waals surface area contributed by atoms with Crippen LogP contribution in [0.5, 0.6) is 0 Å². The van der Waals surface area contributed by atoms with Gasteiger partial charge in [0.25, 0.3) is 0 Å². The lowest BCUT2D eigenvalue weighted by Gasteiger charge is -2.28. The Morgan fingerprint density at radius 1 is 0.741 bits per heavy atom. The van der Waals surface area contributed by atoms with Gasteiger partial charge in [0.05, 0.1) is 22.2 Å². The van der Waals surface area contributed by atoms with Gasteiger partial charge in [-0.05, 0) is 30.7 Å². The van der Waals surface area contributed by atoms with E-state index in [1.54, 1.807) is 0 Å². The van der Waals surface area contributed by atoms with Crippen molar-refractivity contribution in [2.45, 2.75) is 13.3 Å². The molecule has 2 aromatic heterocycles. The highest BCUT2D eigenvalue weighted by molar-refractivity contribution is 6.08. The van der Waals surface area contributed by atoms with E-state index in [1.165, 1.54) is 32.9 Å². The van der Waals surface area contributed by atoms with Gasteiger partial charge in [-0.2, -0.15) is 0 Å². The van der Waals surface area contributed by atoms with Crippen LogP contribution in [0.25, 0.3) is 32.7 Å². The van der Waals surface area contributed by atoms with Crippen LogP contribution >= 0.6 is 0 Å². The Hall–Kier alpha value is -3.33. The lowest BCUT2D eigenvalue weighted by atomic mass is 10.2. The van der Waals surface area contributed by atoms with Crippen LogP contribution < -0.4 is 5.01 Å². The molecule has 0 spiro atoms. The van der Waals surface area contributed by atoms with E-state index in [-0.39, 0.29) is 0 Å². The topological polar surface area (TPSA) is 21.1 Å². The van der Waals surface area contributed by atoms with Gasteiger partial charge in [0.2, 0.25) is 0 Å². The molecule has 0 atom stereocenters. The van der Waals surface area contributed by atoms with Gasteiger partial charge in [0, 0.05) is 28.9 Å². The Balaban J connectivity index is 1.87. The van der Waals surface area contributed by atoms with Gasteiger partial charge in [-0.25, -0.2) is 0 Å². The fourth-order valence-electron chi connectivity index (χ4n) is 4.01. The molecule has 0 saturated carbocycles. The van der Waals surface area contributed by atoms with E-state index in [2.05, 4.69) is 94.4 Å². The molecule has 3 heteroatoms. The van der Waals surface area contributed by atoms with Crippen LogP contribution in [0.4, 0.5) is 5.69 Å². The fraction of sp³-hybridized carbons (Fsp3) is 0.125. The number of rotatable bonds is 4. The molecule has 0 amide bonds. The van der Waals surface area contributed by atoms with Gasteiger partial charge in [0.1, 0.15) is 0 Å². The molecule has 5 aromatic rings. The number of para-hydroxylation sites is 3. The maximum Gasteiger partial charge on any atom is 0.0723 e. The summed E-state index contributed by atoms with van der Waals surface area (Å²) in [5.74, 6) is 0. The quantitative estimate of drug-likeness (QED) is 0.394.